The topological polar surface area (TPSA) is 84.2 Å². The van der Waals surface area contributed by atoms with Gasteiger partial charge in [-0.2, -0.15) is 8.42 Å². The predicted octanol–water partition coefficient (Wildman–Crippen LogP) is 1.65. The third-order valence-electron chi connectivity index (χ3n) is 2.11. The average Bonchev–Trinajstić information content (AvgIpc) is 2.96. The number of anilines is 1. The highest BCUT2D eigenvalue weighted by molar-refractivity contribution is 7.92. The number of hydrogen-bond acceptors (Lipinski definition) is 6. The van der Waals surface area contributed by atoms with Crippen LogP contribution >= 0.6 is 11.3 Å². The van der Waals surface area contributed by atoms with Gasteiger partial charge >= 0.3 is 0 Å². The van der Waals surface area contributed by atoms with Crippen LogP contribution in [0.2, 0.25) is 0 Å². The van der Waals surface area contributed by atoms with E-state index in [-0.39, 0.29) is 5.09 Å². The van der Waals surface area contributed by atoms with E-state index in [0.29, 0.717) is 17.4 Å². The Kier molecular flexibility index (Phi) is 4.00. The average molecular weight is 287 g/mol. The maximum absolute atomic E-state index is 11.9. The van der Waals surface area contributed by atoms with Gasteiger partial charge in [-0.25, -0.2) is 4.98 Å². The second-order valence-electron chi connectivity index (χ2n) is 3.44. The van der Waals surface area contributed by atoms with Crippen LogP contribution in [0.1, 0.15) is 12.7 Å². The van der Waals surface area contributed by atoms with Crippen LogP contribution in [0.25, 0.3) is 0 Å². The zero-order chi connectivity index (χ0) is 13.0. The molecule has 0 bridgehead atoms. The van der Waals surface area contributed by atoms with Crippen molar-refractivity contribution in [2.75, 3.05) is 11.3 Å². The maximum Gasteiger partial charge on any atom is 0.297 e. The van der Waals surface area contributed by atoms with Crippen LogP contribution in [-0.4, -0.2) is 19.9 Å². The van der Waals surface area contributed by atoms with Crippen molar-refractivity contribution in [1.82, 2.24) is 10.3 Å². The molecule has 2 aromatic rings. The van der Waals surface area contributed by atoms with Gasteiger partial charge in [0.05, 0.1) is 6.54 Å². The Bertz CT molecular complexity index is 590. The Morgan fingerprint density at radius 1 is 1.44 bits per heavy atom. The molecule has 0 aromatic carbocycles. The summed E-state index contributed by atoms with van der Waals surface area (Å²) in [4.78, 5) is 3.86. The first-order valence-corrected chi connectivity index (χ1v) is 7.70. The first kappa shape index (κ1) is 13.1. The number of hydrogen-bond donors (Lipinski definition) is 2. The minimum absolute atomic E-state index is 0.106. The van der Waals surface area contributed by atoms with Crippen LogP contribution in [0.3, 0.4) is 0 Å². The summed E-state index contributed by atoms with van der Waals surface area (Å²) in [7, 11) is -3.68. The normalized spacial score (nSPS) is 11.6. The van der Waals surface area contributed by atoms with E-state index in [2.05, 4.69) is 15.0 Å². The summed E-state index contributed by atoms with van der Waals surface area (Å²) in [6, 6.07) is 3.07. The summed E-state index contributed by atoms with van der Waals surface area (Å²) in [5.74, 6) is 0.580. The second kappa shape index (κ2) is 5.51. The van der Waals surface area contributed by atoms with Crippen LogP contribution in [-0.2, 0) is 16.6 Å². The fraction of sp³-hybridized carbons (Fsp3) is 0.300. The molecule has 0 saturated heterocycles. The van der Waals surface area contributed by atoms with E-state index in [0.717, 1.165) is 6.54 Å². The molecule has 0 aliphatic heterocycles. The first-order valence-electron chi connectivity index (χ1n) is 5.33. The van der Waals surface area contributed by atoms with Gasteiger partial charge in [0.25, 0.3) is 10.0 Å². The van der Waals surface area contributed by atoms with Crippen molar-refractivity contribution >= 4 is 26.5 Å². The fourth-order valence-electron chi connectivity index (χ4n) is 1.28. The second-order valence-corrected chi connectivity index (χ2v) is 5.95. The highest BCUT2D eigenvalue weighted by atomic mass is 32.2. The van der Waals surface area contributed by atoms with Crippen molar-refractivity contribution in [1.29, 1.82) is 0 Å². The molecule has 0 fully saturated rings. The SMILES string of the molecule is CCNCc1ccc(S(=O)(=O)Nc2nccs2)o1. The Morgan fingerprint density at radius 2 is 2.28 bits per heavy atom. The number of sulfonamides is 1. The van der Waals surface area contributed by atoms with Gasteiger partial charge < -0.3 is 9.73 Å². The molecule has 2 N–H and O–H groups in total. The van der Waals surface area contributed by atoms with Crippen molar-refractivity contribution in [3.63, 3.8) is 0 Å². The molecule has 2 rings (SSSR count). The largest absolute Gasteiger partial charge is 0.446 e. The summed E-state index contributed by atoms with van der Waals surface area (Å²) in [5.41, 5.74) is 0. The van der Waals surface area contributed by atoms with E-state index in [1.165, 1.54) is 23.6 Å². The number of rotatable bonds is 6. The molecule has 98 valence electrons. The lowest BCUT2D eigenvalue weighted by molar-refractivity contribution is 0.405. The van der Waals surface area contributed by atoms with E-state index in [1.807, 2.05) is 6.92 Å². The van der Waals surface area contributed by atoms with Gasteiger partial charge in [0.2, 0.25) is 5.09 Å². The molecule has 2 heterocycles. The summed E-state index contributed by atoms with van der Waals surface area (Å²) in [6.45, 7) is 3.26. The summed E-state index contributed by atoms with van der Waals surface area (Å²) < 4.78 is 31.5. The van der Waals surface area contributed by atoms with Crippen LogP contribution < -0.4 is 10.0 Å². The van der Waals surface area contributed by atoms with E-state index in [9.17, 15) is 8.42 Å². The van der Waals surface area contributed by atoms with E-state index in [1.54, 1.807) is 11.4 Å². The first-order chi connectivity index (χ1) is 8.62. The van der Waals surface area contributed by atoms with Crippen LogP contribution in [0, 0.1) is 0 Å². The number of nitrogens with zero attached hydrogens (tertiary/aromatic N) is 1. The van der Waals surface area contributed by atoms with Crippen LogP contribution in [0.4, 0.5) is 5.13 Å². The van der Waals surface area contributed by atoms with Crippen molar-refractivity contribution in [3.05, 3.63) is 29.5 Å². The number of aromatic nitrogens is 1. The smallest absolute Gasteiger partial charge is 0.297 e. The third kappa shape index (κ3) is 3.09. The van der Waals surface area contributed by atoms with E-state index < -0.39 is 10.0 Å². The van der Waals surface area contributed by atoms with Crippen LogP contribution in [0.15, 0.2) is 33.2 Å². The molecule has 8 heteroatoms. The monoisotopic (exact) mass is 287 g/mol. The molecule has 0 unspecified atom stereocenters. The summed E-state index contributed by atoms with van der Waals surface area (Å²) >= 11 is 1.21. The molecule has 6 nitrogen and oxygen atoms in total. The quantitative estimate of drug-likeness (QED) is 0.844. The van der Waals surface area contributed by atoms with Gasteiger partial charge in [-0.1, -0.05) is 6.92 Å². The minimum Gasteiger partial charge on any atom is -0.446 e. The van der Waals surface area contributed by atoms with Crippen molar-refractivity contribution in [3.8, 4) is 0 Å². The molecular weight excluding hydrogens is 274 g/mol. The third-order valence-corrected chi connectivity index (χ3v) is 4.13. The zero-order valence-electron chi connectivity index (χ0n) is 9.71. The molecule has 2 aromatic heterocycles. The lowest BCUT2D eigenvalue weighted by atomic mass is 10.4. The fourth-order valence-corrected chi connectivity index (χ4v) is 3.03. The molecule has 0 spiro atoms. The van der Waals surface area contributed by atoms with Gasteiger partial charge in [0.1, 0.15) is 5.76 Å². The Hall–Kier alpha value is -1.38. The Morgan fingerprint density at radius 3 is 2.94 bits per heavy atom. The van der Waals surface area contributed by atoms with Crippen molar-refractivity contribution in [2.45, 2.75) is 18.6 Å². The van der Waals surface area contributed by atoms with Gasteiger partial charge in [0, 0.05) is 11.6 Å². The van der Waals surface area contributed by atoms with Crippen molar-refractivity contribution < 1.29 is 12.8 Å². The zero-order valence-corrected chi connectivity index (χ0v) is 11.3. The Labute approximate surface area is 109 Å². The molecule has 0 atom stereocenters. The lowest BCUT2D eigenvalue weighted by Crippen LogP contribution is -2.12. The van der Waals surface area contributed by atoms with Crippen LogP contribution in [0.5, 0.6) is 0 Å². The molecule has 0 amide bonds. The number of nitrogens with one attached hydrogen (secondary N) is 2. The highest BCUT2D eigenvalue weighted by Crippen LogP contribution is 2.19. The predicted molar refractivity (Wildman–Crippen MR) is 69.0 cm³/mol. The summed E-state index contributed by atoms with van der Waals surface area (Å²) in [5, 5.41) is 4.96. The molecule has 0 radical (unpaired) electrons. The van der Waals surface area contributed by atoms with Gasteiger partial charge in [-0.15, -0.1) is 11.3 Å². The molecule has 0 aliphatic rings. The van der Waals surface area contributed by atoms with E-state index in [4.69, 9.17) is 4.42 Å². The Balaban J connectivity index is 2.12. The minimum atomic E-state index is -3.68. The van der Waals surface area contributed by atoms with Gasteiger partial charge in [0.15, 0.2) is 5.13 Å². The van der Waals surface area contributed by atoms with Gasteiger partial charge in [-0.3, -0.25) is 4.72 Å². The van der Waals surface area contributed by atoms with Gasteiger partial charge in [-0.05, 0) is 18.7 Å². The lowest BCUT2D eigenvalue weighted by Gasteiger charge is -2.01. The van der Waals surface area contributed by atoms with E-state index >= 15 is 0 Å². The molecular formula is C10H13N3O3S2. The number of furan rings is 1. The number of thiazole rings is 1. The highest BCUT2D eigenvalue weighted by Gasteiger charge is 2.19. The van der Waals surface area contributed by atoms with Crippen molar-refractivity contribution in [2.24, 2.45) is 0 Å². The molecule has 18 heavy (non-hydrogen) atoms. The maximum atomic E-state index is 11.9. The summed E-state index contributed by atoms with van der Waals surface area (Å²) in [6.07, 6.45) is 1.53. The molecule has 0 aliphatic carbocycles. The standard InChI is InChI=1S/C10H13N3O3S2/c1-2-11-7-8-3-4-9(16-8)18(14,15)13-10-12-5-6-17-10/h3-6,11H,2,7H2,1H3,(H,12,13). The molecule has 0 saturated carbocycles.